The molecule has 2 aromatic rings. The van der Waals surface area contributed by atoms with E-state index in [1.807, 2.05) is 24.3 Å². The van der Waals surface area contributed by atoms with Crippen LogP contribution in [0.25, 0.3) is 11.0 Å². The number of benzene rings is 1. The van der Waals surface area contributed by atoms with Gasteiger partial charge in [0.25, 0.3) is 0 Å². The van der Waals surface area contributed by atoms with Gasteiger partial charge in [-0.15, -0.1) is 0 Å². The van der Waals surface area contributed by atoms with Gasteiger partial charge in [-0.3, -0.25) is 4.79 Å². The Morgan fingerprint density at radius 1 is 1.52 bits per heavy atom. The lowest BCUT2D eigenvalue weighted by atomic mass is 10.2. The summed E-state index contributed by atoms with van der Waals surface area (Å²) in [5.74, 6) is 2.77. The number of aromatic nitrogens is 2. The molecular formula is C16H21N3OS. The minimum atomic E-state index is -0.0230. The van der Waals surface area contributed by atoms with Crippen molar-refractivity contribution in [1.82, 2.24) is 15.3 Å². The molecule has 112 valence electrons. The van der Waals surface area contributed by atoms with Gasteiger partial charge in [0.2, 0.25) is 5.91 Å². The zero-order valence-electron chi connectivity index (χ0n) is 12.4. The lowest BCUT2D eigenvalue weighted by Crippen LogP contribution is -2.31. The second-order valence-corrected chi connectivity index (χ2v) is 6.79. The number of carbonyl (C=O) groups is 1. The average Bonchev–Trinajstić information content (AvgIpc) is 3.06. The maximum atomic E-state index is 12.2. The van der Waals surface area contributed by atoms with E-state index in [4.69, 9.17) is 0 Å². The van der Waals surface area contributed by atoms with Crippen LogP contribution in [-0.4, -0.2) is 27.9 Å². The molecule has 0 aliphatic heterocycles. The topological polar surface area (TPSA) is 57.8 Å². The molecule has 1 aromatic carbocycles. The SMILES string of the molecule is CSCC[C@H](NC(=O)[C@H]1C[C@H]1C)c1nc2ccccc2[nH]1. The van der Waals surface area contributed by atoms with Crippen LogP contribution in [0.1, 0.15) is 31.6 Å². The van der Waals surface area contributed by atoms with E-state index in [0.717, 1.165) is 35.5 Å². The summed E-state index contributed by atoms with van der Waals surface area (Å²) in [7, 11) is 0. The third-order valence-electron chi connectivity index (χ3n) is 4.11. The van der Waals surface area contributed by atoms with E-state index in [1.165, 1.54) is 0 Å². The number of H-pyrrole nitrogens is 1. The highest BCUT2D eigenvalue weighted by molar-refractivity contribution is 7.98. The van der Waals surface area contributed by atoms with E-state index in [2.05, 4.69) is 28.5 Å². The molecule has 1 aromatic heterocycles. The first kappa shape index (κ1) is 14.4. The normalized spacial score (nSPS) is 22.2. The first-order chi connectivity index (χ1) is 10.2. The van der Waals surface area contributed by atoms with Gasteiger partial charge in [0, 0.05) is 5.92 Å². The molecule has 1 aliphatic carbocycles. The van der Waals surface area contributed by atoms with Crippen molar-refractivity contribution in [2.75, 3.05) is 12.0 Å². The molecule has 1 aliphatic rings. The van der Waals surface area contributed by atoms with E-state index in [0.29, 0.717) is 5.92 Å². The van der Waals surface area contributed by atoms with Crippen molar-refractivity contribution in [3.05, 3.63) is 30.1 Å². The molecular weight excluding hydrogens is 282 g/mol. The van der Waals surface area contributed by atoms with Crippen LogP contribution < -0.4 is 5.32 Å². The summed E-state index contributed by atoms with van der Waals surface area (Å²) in [4.78, 5) is 20.2. The maximum absolute atomic E-state index is 12.2. The van der Waals surface area contributed by atoms with Gasteiger partial charge in [-0.05, 0) is 42.9 Å². The molecule has 4 nitrogen and oxygen atoms in total. The Hall–Kier alpha value is -1.49. The number of fused-ring (bicyclic) bond motifs is 1. The number of carbonyl (C=O) groups excluding carboxylic acids is 1. The van der Waals surface area contributed by atoms with Crippen molar-refractivity contribution >= 4 is 28.7 Å². The van der Waals surface area contributed by atoms with Crippen molar-refractivity contribution < 1.29 is 4.79 Å². The summed E-state index contributed by atoms with van der Waals surface area (Å²) in [6.45, 7) is 2.13. The Balaban J connectivity index is 1.78. The van der Waals surface area contributed by atoms with E-state index >= 15 is 0 Å². The highest BCUT2D eigenvalue weighted by Crippen LogP contribution is 2.38. The minimum Gasteiger partial charge on any atom is -0.346 e. The van der Waals surface area contributed by atoms with Crippen molar-refractivity contribution in [2.45, 2.75) is 25.8 Å². The number of nitrogens with zero attached hydrogens (tertiary/aromatic N) is 1. The fourth-order valence-corrected chi connectivity index (χ4v) is 3.09. The lowest BCUT2D eigenvalue weighted by Gasteiger charge is -2.16. The maximum Gasteiger partial charge on any atom is 0.223 e. The molecule has 21 heavy (non-hydrogen) atoms. The number of para-hydroxylation sites is 2. The molecule has 1 amide bonds. The molecule has 0 spiro atoms. The molecule has 5 heteroatoms. The number of aromatic amines is 1. The molecule has 0 unspecified atom stereocenters. The number of nitrogens with one attached hydrogen (secondary N) is 2. The molecule has 2 N–H and O–H groups in total. The lowest BCUT2D eigenvalue weighted by molar-refractivity contribution is -0.123. The quantitative estimate of drug-likeness (QED) is 0.862. The molecule has 0 saturated heterocycles. The predicted molar refractivity (Wildman–Crippen MR) is 87.2 cm³/mol. The van der Waals surface area contributed by atoms with Crippen molar-refractivity contribution in [3.63, 3.8) is 0 Å². The predicted octanol–water partition coefficient (Wildman–Crippen LogP) is 3.13. The second-order valence-electron chi connectivity index (χ2n) is 5.80. The number of rotatable bonds is 6. The number of imidazole rings is 1. The Morgan fingerprint density at radius 2 is 2.29 bits per heavy atom. The smallest absolute Gasteiger partial charge is 0.223 e. The van der Waals surface area contributed by atoms with Gasteiger partial charge in [-0.25, -0.2) is 4.98 Å². The number of hydrogen-bond donors (Lipinski definition) is 2. The molecule has 1 heterocycles. The van der Waals surface area contributed by atoms with Crippen molar-refractivity contribution in [2.24, 2.45) is 11.8 Å². The zero-order chi connectivity index (χ0) is 14.8. The fraction of sp³-hybridized carbons (Fsp3) is 0.500. The molecule has 3 atom stereocenters. The van der Waals surface area contributed by atoms with Gasteiger partial charge in [0.1, 0.15) is 5.82 Å². The Labute approximate surface area is 129 Å². The third kappa shape index (κ3) is 3.23. The molecule has 0 radical (unpaired) electrons. The average molecular weight is 303 g/mol. The van der Waals surface area contributed by atoms with E-state index in [9.17, 15) is 4.79 Å². The summed E-state index contributed by atoms with van der Waals surface area (Å²) >= 11 is 1.79. The van der Waals surface area contributed by atoms with E-state index < -0.39 is 0 Å². The van der Waals surface area contributed by atoms with Crippen LogP contribution in [0, 0.1) is 11.8 Å². The molecule has 1 fully saturated rings. The second kappa shape index (κ2) is 6.10. The van der Waals surface area contributed by atoms with Gasteiger partial charge in [-0.2, -0.15) is 11.8 Å². The van der Waals surface area contributed by atoms with Crippen LogP contribution >= 0.6 is 11.8 Å². The molecule has 3 rings (SSSR count). The number of amides is 1. The Kier molecular flexibility index (Phi) is 4.19. The van der Waals surface area contributed by atoms with Gasteiger partial charge >= 0.3 is 0 Å². The highest BCUT2D eigenvalue weighted by Gasteiger charge is 2.40. The van der Waals surface area contributed by atoms with Crippen LogP contribution in [-0.2, 0) is 4.79 Å². The third-order valence-corrected chi connectivity index (χ3v) is 4.76. The summed E-state index contributed by atoms with van der Waals surface area (Å²) in [6.07, 6.45) is 4.00. The van der Waals surface area contributed by atoms with Gasteiger partial charge in [0.05, 0.1) is 17.1 Å². The largest absolute Gasteiger partial charge is 0.346 e. The van der Waals surface area contributed by atoms with E-state index in [1.54, 1.807) is 11.8 Å². The number of thioether (sulfide) groups is 1. The van der Waals surface area contributed by atoms with Crippen LogP contribution in [0.3, 0.4) is 0 Å². The Bertz CT molecular complexity index is 606. The monoisotopic (exact) mass is 303 g/mol. The highest BCUT2D eigenvalue weighted by atomic mass is 32.2. The standard InChI is InChI=1S/C16H21N3OS/c1-10-9-11(10)16(20)19-14(7-8-21-2)15-17-12-5-3-4-6-13(12)18-15/h3-6,10-11,14H,7-9H2,1-2H3,(H,17,18)(H,19,20)/t10-,11+,14+/m1/s1. The first-order valence-corrected chi connectivity index (χ1v) is 8.82. The van der Waals surface area contributed by atoms with Crippen molar-refractivity contribution in [1.29, 1.82) is 0 Å². The van der Waals surface area contributed by atoms with Gasteiger partial charge in [0.15, 0.2) is 0 Å². The van der Waals surface area contributed by atoms with Crippen LogP contribution in [0.15, 0.2) is 24.3 Å². The van der Waals surface area contributed by atoms with Crippen LogP contribution in [0.2, 0.25) is 0 Å². The summed E-state index contributed by atoms with van der Waals surface area (Å²) < 4.78 is 0. The van der Waals surface area contributed by atoms with Crippen LogP contribution in [0.5, 0.6) is 0 Å². The molecule has 0 bridgehead atoms. The summed E-state index contributed by atoms with van der Waals surface area (Å²) in [5, 5.41) is 3.18. The number of hydrogen-bond acceptors (Lipinski definition) is 3. The Morgan fingerprint density at radius 3 is 2.95 bits per heavy atom. The fourth-order valence-electron chi connectivity index (χ4n) is 2.62. The van der Waals surface area contributed by atoms with Gasteiger partial charge in [-0.1, -0.05) is 19.1 Å². The van der Waals surface area contributed by atoms with Crippen LogP contribution in [0.4, 0.5) is 0 Å². The first-order valence-electron chi connectivity index (χ1n) is 7.43. The van der Waals surface area contributed by atoms with Crippen molar-refractivity contribution in [3.8, 4) is 0 Å². The zero-order valence-corrected chi connectivity index (χ0v) is 13.2. The summed E-state index contributed by atoms with van der Waals surface area (Å²) in [6, 6.07) is 7.96. The minimum absolute atomic E-state index is 0.0230. The summed E-state index contributed by atoms with van der Waals surface area (Å²) in [5.41, 5.74) is 1.98. The van der Waals surface area contributed by atoms with Gasteiger partial charge < -0.3 is 10.3 Å². The molecule has 1 saturated carbocycles. The van der Waals surface area contributed by atoms with E-state index in [-0.39, 0.29) is 17.9 Å².